The maximum absolute atomic E-state index is 12.3. The van der Waals surface area contributed by atoms with Crippen molar-refractivity contribution in [3.05, 3.63) is 83.3 Å². The van der Waals surface area contributed by atoms with Crippen LogP contribution >= 0.6 is 0 Å². The Balaban J connectivity index is 1.56. The van der Waals surface area contributed by atoms with E-state index in [1.807, 2.05) is 25.1 Å². The van der Waals surface area contributed by atoms with Gasteiger partial charge in [0.15, 0.2) is 0 Å². The van der Waals surface area contributed by atoms with Crippen LogP contribution in [-0.4, -0.2) is 28.5 Å². The topological polar surface area (TPSA) is 93.2 Å². The highest BCUT2D eigenvalue weighted by Gasteiger charge is 2.10. The zero-order valence-corrected chi connectivity index (χ0v) is 16.3. The van der Waals surface area contributed by atoms with Crippen LogP contribution in [-0.2, 0) is 11.3 Å². The molecule has 2 N–H and O–H groups in total. The third-order valence-corrected chi connectivity index (χ3v) is 4.09. The van der Waals surface area contributed by atoms with Crippen LogP contribution in [0.25, 0.3) is 0 Å². The highest BCUT2D eigenvalue weighted by atomic mass is 16.5. The molecule has 2 aromatic carbocycles. The molecule has 29 heavy (non-hydrogen) atoms. The highest BCUT2D eigenvalue weighted by molar-refractivity contribution is 6.03. The molecule has 0 spiro atoms. The summed E-state index contributed by atoms with van der Waals surface area (Å²) in [6.07, 6.45) is 2.94. The lowest BCUT2D eigenvalue weighted by molar-refractivity contribution is 0.0526. The molecule has 1 amide bonds. The predicted molar refractivity (Wildman–Crippen MR) is 111 cm³/mol. The Morgan fingerprint density at radius 2 is 1.83 bits per heavy atom. The summed E-state index contributed by atoms with van der Waals surface area (Å²) in [5.41, 5.74) is 3.50. The fourth-order valence-corrected chi connectivity index (χ4v) is 2.65. The number of carbonyl (C=O) groups excluding carboxylic acids is 2. The van der Waals surface area contributed by atoms with Crippen LogP contribution < -0.4 is 10.6 Å². The zero-order valence-electron chi connectivity index (χ0n) is 16.3. The van der Waals surface area contributed by atoms with Gasteiger partial charge in [-0.05, 0) is 43.7 Å². The highest BCUT2D eigenvalue weighted by Crippen LogP contribution is 2.12. The van der Waals surface area contributed by atoms with E-state index in [-0.39, 0.29) is 11.6 Å². The molecule has 0 radical (unpaired) electrons. The number of nitrogens with zero attached hydrogens (tertiary/aromatic N) is 2. The Labute approximate surface area is 169 Å². The second-order valence-electron chi connectivity index (χ2n) is 6.38. The number of hydrogen-bond acceptors (Lipinski definition) is 6. The first-order chi connectivity index (χ1) is 14.0. The summed E-state index contributed by atoms with van der Waals surface area (Å²) in [5.74, 6) is -0.196. The minimum Gasteiger partial charge on any atom is -0.462 e. The second kappa shape index (κ2) is 9.45. The average molecular weight is 390 g/mol. The van der Waals surface area contributed by atoms with Crippen molar-refractivity contribution in [1.82, 2.24) is 9.97 Å². The van der Waals surface area contributed by atoms with E-state index in [4.69, 9.17) is 4.74 Å². The molecule has 0 aliphatic carbocycles. The van der Waals surface area contributed by atoms with Crippen molar-refractivity contribution < 1.29 is 14.3 Å². The van der Waals surface area contributed by atoms with Gasteiger partial charge in [-0.2, -0.15) is 0 Å². The van der Waals surface area contributed by atoms with Gasteiger partial charge >= 0.3 is 5.97 Å². The second-order valence-corrected chi connectivity index (χ2v) is 6.38. The summed E-state index contributed by atoms with van der Waals surface area (Å²) in [4.78, 5) is 32.4. The van der Waals surface area contributed by atoms with Gasteiger partial charge in [-0.15, -0.1) is 0 Å². The molecular formula is C22H22N4O3. The smallest absolute Gasteiger partial charge is 0.338 e. The lowest BCUT2D eigenvalue weighted by Gasteiger charge is -2.08. The van der Waals surface area contributed by atoms with E-state index in [9.17, 15) is 9.59 Å². The Bertz CT molecular complexity index is 986. The normalized spacial score (nSPS) is 10.3. The van der Waals surface area contributed by atoms with Crippen LogP contribution in [0.15, 0.2) is 60.9 Å². The molecule has 3 rings (SSSR count). The number of amides is 1. The number of anilines is 2. The fourth-order valence-electron chi connectivity index (χ4n) is 2.65. The van der Waals surface area contributed by atoms with Crippen molar-refractivity contribution in [3.63, 3.8) is 0 Å². The average Bonchev–Trinajstić information content (AvgIpc) is 2.73. The van der Waals surface area contributed by atoms with Crippen molar-refractivity contribution in [2.75, 3.05) is 17.2 Å². The molecule has 7 nitrogen and oxygen atoms in total. The number of rotatable bonds is 7. The van der Waals surface area contributed by atoms with Gasteiger partial charge in [-0.25, -0.2) is 14.8 Å². The van der Waals surface area contributed by atoms with Gasteiger partial charge in [0, 0.05) is 12.2 Å². The molecule has 7 heteroatoms. The summed E-state index contributed by atoms with van der Waals surface area (Å²) >= 11 is 0. The van der Waals surface area contributed by atoms with Crippen molar-refractivity contribution in [2.45, 2.75) is 20.4 Å². The number of ether oxygens (including phenoxy) is 1. The van der Waals surface area contributed by atoms with E-state index in [2.05, 4.69) is 26.7 Å². The third-order valence-electron chi connectivity index (χ3n) is 4.09. The van der Waals surface area contributed by atoms with Crippen molar-refractivity contribution >= 4 is 23.4 Å². The van der Waals surface area contributed by atoms with Crippen molar-refractivity contribution in [3.8, 4) is 0 Å². The number of esters is 1. The number of nitrogens with one attached hydrogen (secondary N) is 2. The Hall–Kier alpha value is -3.74. The lowest BCUT2D eigenvalue weighted by Crippen LogP contribution is -2.14. The number of benzene rings is 2. The molecule has 0 unspecified atom stereocenters. The van der Waals surface area contributed by atoms with E-state index < -0.39 is 5.97 Å². The van der Waals surface area contributed by atoms with Crippen LogP contribution in [0.4, 0.5) is 11.5 Å². The molecule has 0 saturated heterocycles. The number of aromatic nitrogens is 2. The molecule has 0 aliphatic heterocycles. The van der Waals surface area contributed by atoms with Gasteiger partial charge in [0.05, 0.1) is 24.6 Å². The maximum atomic E-state index is 12.3. The SMILES string of the molecule is CCOC(=O)c1ccc(NC(=O)c2cnc(NCc3cccc(C)c3)cn2)cc1. The number of aryl methyl sites for hydroxylation is 1. The first kappa shape index (κ1) is 20.0. The van der Waals surface area contributed by atoms with Crippen LogP contribution in [0.1, 0.15) is 38.9 Å². The fraction of sp³-hybridized carbons (Fsp3) is 0.182. The van der Waals surface area contributed by atoms with Gasteiger partial charge in [-0.1, -0.05) is 29.8 Å². The monoisotopic (exact) mass is 390 g/mol. The standard InChI is InChI=1S/C22H22N4O3/c1-3-29-22(28)17-7-9-18(10-8-17)26-21(27)19-13-25-20(14-23-19)24-12-16-6-4-5-15(2)11-16/h4-11,13-14H,3,12H2,1-2H3,(H,24,25)(H,26,27). The molecule has 0 atom stereocenters. The molecular weight excluding hydrogens is 368 g/mol. The van der Waals surface area contributed by atoms with Gasteiger partial charge in [-0.3, -0.25) is 4.79 Å². The van der Waals surface area contributed by atoms with E-state index >= 15 is 0 Å². The van der Waals surface area contributed by atoms with Gasteiger partial charge in [0.1, 0.15) is 11.5 Å². The van der Waals surface area contributed by atoms with Gasteiger partial charge in [0.25, 0.3) is 5.91 Å². The summed E-state index contributed by atoms with van der Waals surface area (Å²) in [6, 6.07) is 14.6. The third kappa shape index (κ3) is 5.62. The van der Waals surface area contributed by atoms with E-state index in [0.717, 1.165) is 5.56 Å². The Morgan fingerprint density at radius 1 is 1.03 bits per heavy atom. The first-order valence-corrected chi connectivity index (χ1v) is 9.25. The molecule has 0 bridgehead atoms. The largest absolute Gasteiger partial charge is 0.462 e. The molecule has 0 aliphatic rings. The predicted octanol–water partition coefficient (Wildman–Crippen LogP) is 3.83. The first-order valence-electron chi connectivity index (χ1n) is 9.25. The van der Waals surface area contributed by atoms with Crippen LogP contribution in [0.3, 0.4) is 0 Å². The summed E-state index contributed by atoms with van der Waals surface area (Å²) in [6.45, 7) is 4.72. The van der Waals surface area contributed by atoms with Crippen LogP contribution in [0, 0.1) is 6.92 Å². The minimum absolute atomic E-state index is 0.195. The number of carbonyl (C=O) groups is 2. The molecule has 1 aromatic heterocycles. The summed E-state index contributed by atoms with van der Waals surface area (Å²) < 4.78 is 4.93. The van der Waals surface area contributed by atoms with Crippen LogP contribution in [0.5, 0.6) is 0 Å². The lowest BCUT2D eigenvalue weighted by atomic mass is 10.1. The molecule has 0 fully saturated rings. The molecule has 1 heterocycles. The molecule has 0 saturated carbocycles. The van der Waals surface area contributed by atoms with Crippen molar-refractivity contribution in [1.29, 1.82) is 0 Å². The molecule has 148 valence electrons. The minimum atomic E-state index is -0.398. The van der Waals surface area contributed by atoms with Crippen LogP contribution in [0.2, 0.25) is 0 Å². The van der Waals surface area contributed by atoms with E-state index in [0.29, 0.717) is 30.2 Å². The Kier molecular flexibility index (Phi) is 6.52. The van der Waals surface area contributed by atoms with E-state index in [1.165, 1.54) is 18.0 Å². The number of hydrogen-bond donors (Lipinski definition) is 2. The van der Waals surface area contributed by atoms with Gasteiger partial charge in [0.2, 0.25) is 0 Å². The van der Waals surface area contributed by atoms with Crippen molar-refractivity contribution in [2.24, 2.45) is 0 Å². The quantitative estimate of drug-likeness (QED) is 0.596. The zero-order chi connectivity index (χ0) is 20.6. The molecule has 3 aromatic rings. The van der Waals surface area contributed by atoms with E-state index in [1.54, 1.807) is 31.2 Å². The maximum Gasteiger partial charge on any atom is 0.338 e. The summed E-state index contributed by atoms with van der Waals surface area (Å²) in [7, 11) is 0. The van der Waals surface area contributed by atoms with Gasteiger partial charge < -0.3 is 15.4 Å². The Morgan fingerprint density at radius 3 is 2.48 bits per heavy atom. The summed E-state index contributed by atoms with van der Waals surface area (Å²) in [5, 5.41) is 5.91.